The molecule has 2 heterocycles. The second kappa shape index (κ2) is 7.25. The van der Waals surface area contributed by atoms with E-state index in [0.717, 1.165) is 32.9 Å². The number of carbonyl (C=O) groups excluding carboxylic acids is 1. The van der Waals surface area contributed by atoms with Crippen molar-refractivity contribution in [3.63, 3.8) is 0 Å². The summed E-state index contributed by atoms with van der Waals surface area (Å²) in [6.07, 6.45) is 2.57. The number of hydrogen-bond donors (Lipinski definition) is 0. The quantitative estimate of drug-likeness (QED) is 0.609. The van der Waals surface area contributed by atoms with Gasteiger partial charge in [0.25, 0.3) is 0 Å². The smallest absolute Gasteiger partial charge is 0.242 e. The molecule has 4 nitrogen and oxygen atoms in total. The summed E-state index contributed by atoms with van der Waals surface area (Å²) >= 11 is 9.45. The minimum Gasteiger partial charge on any atom is -0.335 e. The van der Waals surface area contributed by atoms with Gasteiger partial charge in [-0.1, -0.05) is 51.8 Å². The van der Waals surface area contributed by atoms with Gasteiger partial charge < -0.3 is 9.47 Å². The van der Waals surface area contributed by atoms with Crippen molar-refractivity contribution in [2.45, 2.75) is 19.5 Å². The van der Waals surface area contributed by atoms with Crippen molar-refractivity contribution in [2.75, 3.05) is 6.54 Å². The largest absolute Gasteiger partial charge is 0.335 e. The number of fused-ring (bicyclic) bond motifs is 1. The molecule has 0 bridgehead atoms. The molecule has 132 valence electrons. The van der Waals surface area contributed by atoms with Crippen molar-refractivity contribution in [3.8, 4) is 11.3 Å². The van der Waals surface area contributed by atoms with Crippen LogP contribution in [-0.4, -0.2) is 26.9 Å². The number of hydrogen-bond acceptors (Lipinski definition) is 2. The maximum absolute atomic E-state index is 12.5. The number of nitrogens with zero attached hydrogens (tertiary/aromatic N) is 3. The van der Waals surface area contributed by atoms with E-state index in [-0.39, 0.29) is 5.91 Å². The molecule has 1 amide bonds. The Balaban J connectivity index is 1.54. The molecule has 6 heteroatoms. The lowest BCUT2D eigenvalue weighted by Crippen LogP contribution is -2.40. The summed E-state index contributed by atoms with van der Waals surface area (Å²) < 4.78 is 2.97. The Hall–Kier alpha value is -2.11. The molecule has 1 aliphatic heterocycles. The fraction of sp³-hybridized carbons (Fsp3) is 0.200. The highest BCUT2D eigenvalue weighted by molar-refractivity contribution is 9.10. The summed E-state index contributed by atoms with van der Waals surface area (Å²) in [5, 5.41) is 0.727. The highest BCUT2D eigenvalue weighted by Gasteiger charge is 2.26. The average Bonchev–Trinajstić information content (AvgIpc) is 3.03. The van der Waals surface area contributed by atoms with Gasteiger partial charge in [-0.15, -0.1) is 0 Å². The fourth-order valence-corrected chi connectivity index (χ4v) is 3.75. The van der Waals surface area contributed by atoms with Gasteiger partial charge in [0, 0.05) is 21.6 Å². The van der Waals surface area contributed by atoms with Crippen LogP contribution in [0.5, 0.6) is 0 Å². The maximum Gasteiger partial charge on any atom is 0.242 e. The molecule has 0 atom stereocenters. The molecular weight excluding hydrogens is 414 g/mol. The highest BCUT2D eigenvalue weighted by atomic mass is 79.9. The van der Waals surface area contributed by atoms with Crippen LogP contribution in [0.1, 0.15) is 11.3 Å². The first kappa shape index (κ1) is 17.3. The van der Waals surface area contributed by atoms with Crippen molar-refractivity contribution in [3.05, 3.63) is 75.6 Å². The van der Waals surface area contributed by atoms with E-state index in [1.807, 2.05) is 51.9 Å². The predicted molar refractivity (Wildman–Crippen MR) is 106 cm³/mol. The van der Waals surface area contributed by atoms with Gasteiger partial charge in [-0.2, -0.15) is 0 Å². The van der Waals surface area contributed by atoms with E-state index >= 15 is 0 Å². The number of imidazole rings is 1. The monoisotopic (exact) mass is 429 g/mol. The summed E-state index contributed by atoms with van der Waals surface area (Å²) in [5.74, 6) is 0.129. The number of rotatable bonds is 4. The molecule has 26 heavy (non-hydrogen) atoms. The molecule has 0 unspecified atom stereocenters. The van der Waals surface area contributed by atoms with Crippen LogP contribution >= 0.6 is 27.5 Å². The molecular formula is C20H17BrClN3O. The SMILES string of the molecule is O=C1Cn2cnc(-c3cccc(Br)c3)c2CN1CCc1ccc(Cl)cc1. The molecule has 0 saturated heterocycles. The first-order chi connectivity index (χ1) is 12.6. The molecule has 3 aromatic rings. The Bertz CT molecular complexity index is 952. The summed E-state index contributed by atoms with van der Waals surface area (Å²) in [7, 11) is 0. The lowest BCUT2D eigenvalue weighted by atomic mass is 10.1. The topological polar surface area (TPSA) is 38.1 Å². The van der Waals surface area contributed by atoms with Gasteiger partial charge in [-0.25, -0.2) is 4.98 Å². The van der Waals surface area contributed by atoms with E-state index < -0.39 is 0 Å². The van der Waals surface area contributed by atoms with Crippen LogP contribution in [0.25, 0.3) is 11.3 Å². The molecule has 0 fully saturated rings. The molecule has 0 spiro atoms. The van der Waals surface area contributed by atoms with Crippen molar-refractivity contribution in [1.82, 2.24) is 14.5 Å². The van der Waals surface area contributed by atoms with Crippen LogP contribution in [0.15, 0.2) is 59.3 Å². The Kier molecular flexibility index (Phi) is 4.83. The lowest BCUT2D eigenvalue weighted by molar-refractivity contribution is -0.134. The molecule has 0 radical (unpaired) electrons. The summed E-state index contributed by atoms with van der Waals surface area (Å²) in [5.41, 5.74) is 4.25. The molecule has 0 saturated carbocycles. The molecule has 4 rings (SSSR count). The zero-order valence-corrected chi connectivity index (χ0v) is 16.4. The van der Waals surface area contributed by atoms with Crippen molar-refractivity contribution >= 4 is 33.4 Å². The number of halogens is 2. The third-order valence-corrected chi connectivity index (χ3v) is 5.37. The maximum atomic E-state index is 12.5. The van der Waals surface area contributed by atoms with Crippen molar-refractivity contribution in [2.24, 2.45) is 0 Å². The van der Waals surface area contributed by atoms with E-state index in [2.05, 4.69) is 27.0 Å². The molecule has 0 aliphatic carbocycles. The van der Waals surface area contributed by atoms with E-state index in [0.29, 0.717) is 19.6 Å². The van der Waals surface area contributed by atoms with Gasteiger partial charge in [-0.3, -0.25) is 4.79 Å². The van der Waals surface area contributed by atoms with Gasteiger partial charge in [0.05, 0.1) is 24.3 Å². The molecule has 1 aromatic heterocycles. The first-order valence-corrected chi connectivity index (χ1v) is 9.59. The minimum absolute atomic E-state index is 0.129. The van der Waals surface area contributed by atoms with Crippen LogP contribution in [0.3, 0.4) is 0 Å². The Morgan fingerprint density at radius 2 is 1.92 bits per heavy atom. The first-order valence-electron chi connectivity index (χ1n) is 8.42. The van der Waals surface area contributed by atoms with Gasteiger partial charge >= 0.3 is 0 Å². The summed E-state index contributed by atoms with van der Waals surface area (Å²) in [6, 6.07) is 15.9. The van der Waals surface area contributed by atoms with E-state index in [4.69, 9.17) is 11.6 Å². The van der Waals surface area contributed by atoms with Crippen molar-refractivity contribution < 1.29 is 4.79 Å². The van der Waals surface area contributed by atoms with Crippen LogP contribution < -0.4 is 0 Å². The molecule has 1 aliphatic rings. The van der Waals surface area contributed by atoms with E-state index in [1.165, 1.54) is 5.56 Å². The minimum atomic E-state index is 0.129. The van der Waals surface area contributed by atoms with Crippen LogP contribution in [0.2, 0.25) is 5.02 Å². The molecule has 2 aromatic carbocycles. The highest BCUT2D eigenvalue weighted by Crippen LogP contribution is 2.28. The van der Waals surface area contributed by atoms with E-state index in [1.54, 1.807) is 6.33 Å². The Labute approximate surface area is 165 Å². The second-order valence-electron chi connectivity index (χ2n) is 6.37. The third kappa shape index (κ3) is 3.55. The second-order valence-corrected chi connectivity index (χ2v) is 7.72. The number of benzene rings is 2. The average molecular weight is 431 g/mol. The summed E-state index contributed by atoms with van der Waals surface area (Å²) in [4.78, 5) is 18.9. The number of amides is 1. The standard InChI is InChI=1S/C20H17BrClN3O/c21-16-3-1-2-15(10-16)20-18-11-24(19(26)12-25(18)13-23-20)9-8-14-4-6-17(22)7-5-14/h1-7,10,13H,8-9,11-12H2. The number of aromatic nitrogens is 2. The van der Waals surface area contributed by atoms with Gasteiger partial charge in [0.15, 0.2) is 0 Å². The normalized spacial score (nSPS) is 13.8. The van der Waals surface area contributed by atoms with Crippen molar-refractivity contribution in [1.29, 1.82) is 0 Å². The van der Waals surface area contributed by atoms with Crippen LogP contribution in [0, 0.1) is 0 Å². The van der Waals surface area contributed by atoms with Crippen LogP contribution in [0.4, 0.5) is 0 Å². The van der Waals surface area contributed by atoms with Gasteiger partial charge in [0.2, 0.25) is 5.91 Å². The van der Waals surface area contributed by atoms with Gasteiger partial charge in [0.1, 0.15) is 6.54 Å². The third-order valence-electron chi connectivity index (χ3n) is 4.63. The zero-order valence-electron chi connectivity index (χ0n) is 14.0. The van der Waals surface area contributed by atoms with E-state index in [9.17, 15) is 4.79 Å². The summed E-state index contributed by atoms with van der Waals surface area (Å²) in [6.45, 7) is 1.61. The fourth-order valence-electron chi connectivity index (χ4n) is 3.22. The number of carbonyl (C=O) groups is 1. The van der Waals surface area contributed by atoms with Gasteiger partial charge in [-0.05, 0) is 36.2 Å². The Morgan fingerprint density at radius 3 is 2.69 bits per heavy atom. The lowest BCUT2D eigenvalue weighted by Gasteiger charge is -2.28. The Morgan fingerprint density at radius 1 is 1.12 bits per heavy atom. The van der Waals surface area contributed by atoms with Crippen LogP contribution in [-0.2, 0) is 24.3 Å². The predicted octanol–water partition coefficient (Wildman–Crippen LogP) is 4.55. The molecule has 0 N–H and O–H groups in total. The zero-order chi connectivity index (χ0) is 18.1.